The second-order valence-corrected chi connectivity index (χ2v) is 6.51. The molecule has 0 saturated carbocycles. The number of benzene rings is 2. The van der Waals surface area contributed by atoms with Gasteiger partial charge >= 0.3 is 0 Å². The smallest absolute Gasteiger partial charge is 0.193 e. The van der Waals surface area contributed by atoms with Crippen LogP contribution in [-0.4, -0.2) is 9.55 Å². The molecule has 2 heterocycles. The zero-order chi connectivity index (χ0) is 18.8. The number of para-hydroxylation sites is 2. The van der Waals surface area contributed by atoms with Crippen LogP contribution in [0.5, 0.6) is 0 Å². The molecule has 4 nitrogen and oxygen atoms in total. The first-order valence-electron chi connectivity index (χ1n) is 9.11. The number of aromatic nitrogens is 2. The summed E-state index contributed by atoms with van der Waals surface area (Å²) in [4.78, 5) is 17.6. The van der Waals surface area contributed by atoms with E-state index in [-0.39, 0.29) is 5.43 Å². The summed E-state index contributed by atoms with van der Waals surface area (Å²) in [6.07, 6.45) is 0.716. The average molecular weight is 355 g/mol. The molecule has 27 heavy (non-hydrogen) atoms. The number of fused-ring (bicyclic) bond motifs is 1. The highest BCUT2D eigenvalue weighted by atomic mass is 16.1. The van der Waals surface area contributed by atoms with Crippen LogP contribution >= 0.6 is 0 Å². The van der Waals surface area contributed by atoms with E-state index < -0.39 is 0 Å². The molecule has 0 aliphatic heterocycles. The highest BCUT2D eigenvalue weighted by molar-refractivity contribution is 5.86. The van der Waals surface area contributed by atoms with Gasteiger partial charge in [0.05, 0.1) is 16.6 Å². The molecular formula is C23H21N3O. The number of hydrogen-bond donors (Lipinski definition) is 1. The molecule has 0 radical (unpaired) electrons. The van der Waals surface area contributed by atoms with Crippen LogP contribution in [0.15, 0.2) is 77.6 Å². The number of anilines is 2. The van der Waals surface area contributed by atoms with E-state index in [1.54, 1.807) is 6.07 Å². The molecule has 134 valence electrons. The molecule has 0 bridgehead atoms. The van der Waals surface area contributed by atoms with E-state index >= 15 is 0 Å². The van der Waals surface area contributed by atoms with E-state index in [4.69, 9.17) is 0 Å². The third-order valence-corrected chi connectivity index (χ3v) is 4.59. The zero-order valence-corrected chi connectivity index (χ0v) is 15.4. The third-order valence-electron chi connectivity index (χ3n) is 4.59. The van der Waals surface area contributed by atoms with Gasteiger partial charge in [0.2, 0.25) is 0 Å². The Kier molecular flexibility index (Phi) is 4.47. The summed E-state index contributed by atoms with van der Waals surface area (Å²) in [6.45, 7) is 4.00. The quantitative estimate of drug-likeness (QED) is 0.560. The van der Waals surface area contributed by atoms with Crippen LogP contribution in [0.1, 0.15) is 18.3 Å². The maximum absolute atomic E-state index is 13.0. The molecule has 0 atom stereocenters. The molecule has 0 fully saturated rings. The van der Waals surface area contributed by atoms with Crippen molar-refractivity contribution in [3.8, 4) is 5.69 Å². The van der Waals surface area contributed by atoms with Crippen molar-refractivity contribution in [1.29, 1.82) is 0 Å². The fraction of sp³-hybridized carbons (Fsp3) is 0.130. The van der Waals surface area contributed by atoms with Crippen molar-refractivity contribution in [2.24, 2.45) is 0 Å². The minimum absolute atomic E-state index is 0.0139. The molecule has 2 aromatic carbocycles. The predicted octanol–water partition coefficient (Wildman–Crippen LogP) is 5.00. The second kappa shape index (κ2) is 7.08. The van der Waals surface area contributed by atoms with Gasteiger partial charge in [0.15, 0.2) is 5.43 Å². The second-order valence-electron chi connectivity index (χ2n) is 6.51. The number of hydrogen-bond acceptors (Lipinski definition) is 3. The van der Waals surface area contributed by atoms with Gasteiger partial charge in [-0.2, -0.15) is 0 Å². The minimum Gasteiger partial charge on any atom is -0.341 e. The van der Waals surface area contributed by atoms with Gasteiger partial charge in [0.1, 0.15) is 5.82 Å². The lowest BCUT2D eigenvalue weighted by atomic mass is 10.1. The predicted molar refractivity (Wildman–Crippen MR) is 111 cm³/mol. The van der Waals surface area contributed by atoms with E-state index in [0.29, 0.717) is 11.8 Å². The Morgan fingerprint density at radius 3 is 2.30 bits per heavy atom. The number of rotatable bonds is 4. The van der Waals surface area contributed by atoms with Gasteiger partial charge in [-0.1, -0.05) is 43.3 Å². The Balaban J connectivity index is 2.07. The Bertz CT molecular complexity index is 1150. The molecule has 0 spiro atoms. The maximum atomic E-state index is 13.0. The zero-order valence-electron chi connectivity index (χ0n) is 15.4. The molecule has 0 amide bonds. The first-order valence-corrected chi connectivity index (χ1v) is 9.11. The summed E-state index contributed by atoms with van der Waals surface area (Å²) in [5.74, 6) is 0.734. The van der Waals surface area contributed by atoms with Crippen LogP contribution < -0.4 is 10.7 Å². The van der Waals surface area contributed by atoms with Gasteiger partial charge in [-0.15, -0.1) is 0 Å². The van der Waals surface area contributed by atoms with E-state index in [9.17, 15) is 4.79 Å². The van der Waals surface area contributed by atoms with Crippen LogP contribution in [0, 0.1) is 6.92 Å². The van der Waals surface area contributed by atoms with Crippen molar-refractivity contribution < 1.29 is 0 Å². The SMILES string of the molecule is CCc1nc(C)cc2c1c(=O)cc(Nc1ccccc1)n2-c1ccccc1. The number of nitrogens with zero attached hydrogens (tertiary/aromatic N) is 2. The van der Waals surface area contributed by atoms with Crippen molar-refractivity contribution >= 4 is 22.4 Å². The Morgan fingerprint density at radius 2 is 1.63 bits per heavy atom. The fourth-order valence-electron chi connectivity index (χ4n) is 3.43. The van der Waals surface area contributed by atoms with Gasteiger partial charge in [-0.3, -0.25) is 14.3 Å². The molecular weight excluding hydrogens is 334 g/mol. The summed E-state index contributed by atoms with van der Waals surface area (Å²) < 4.78 is 2.09. The van der Waals surface area contributed by atoms with Gasteiger partial charge in [-0.25, -0.2) is 0 Å². The Labute approximate surface area is 158 Å². The van der Waals surface area contributed by atoms with E-state index in [0.717, 1.165) is 34.1 Å². The molecule has 4 rings (SSSR count). The Hall–Kier alpha value is -3.40. The molecule has 0 saturated heterocycles. The lowest BCUT2D eigenvalue weighted by molar-refractivity contribution is 1.01. The summed E-state index contributed by atoms with van der Waals surface area (Å²) >= 11 is 0. The van der Waals surface area contributed by atoms with Gasteiger partial charge in [0.25, 0.3) is 0 Å². The monoisotopic (exact) mass is 355 g/mol. The minimum atomic E-state index is -0.0139. The molecule has 0 aliphatic rings. The van der Waals surface area contributed by atoms with Crippen LogP contribution in [-0.2, 0) is 6.42 Å². The van der Waals surface area contributed by atoms with Crippen molar-refractivity contribution in [2.45, 2.75) is 20.3 Å². The standard InChI is InChI=1S/C23H21N3O/c1-3-19-23-20(14-16(2)24-19)26(18-12-8-5-9-13-18)22(15-21(23)27)25-17-10-6-4-7-11-17/h4-15,25H,3H2,1-2H3. The maximum Gasteiger partial charge on any atom is 0.193 e. The lowest BCUT2D eigenvalue weighted by Gasteiger charge is -2.19. The van der Waals surface area contributed by atoms with Gasteiger partial charge < -0.3 is 5.32 Å². The van der Waals surface area contributed by atoms with Crippen molar-refractivity contribution in [3.05, 3.63) is 94.4 Å². The Morgan fingerprint density at radius 1 is 0.963 bits per heavy atom. The summed E-state index contributed by atoms with van der Waals surface area (Å²) in [5, 5.41) is 4.09. The molecule has 0 unspecified atom stereocenters. The number of pyridine rings is 2. The number of nitrogens with one attached hydrogen (secondary N) is 1. The van der Waals surface area contributed by atoms with Crippen LogP contribution in [0.4, 0.5) is 11.5 Å². The lowest BCUT2D eigenvalue weighted by Crippen LogP contribution is -2.15. The summed E-state index contributed by atoms with van der Waals surface area (Å²) in [5.41, 5.74) is 4.53. The largest absolute Gasteiger partial charge is 0.341 e. The highest BCUT2D eigenvalue weighted by Gasteiger charge is 2.15. The molecule has 1 N–H and O–H groups in total. The topological polar surface area (TPSA) is 46.9 Å². The van der Waals surface area contributed by atoms with Crippen LogP contribution in [0.3, 0.4) is 0 Å². The number of aryl methyl sites for hydroxylation is 2. The van der Waals surface area contributed by atoms with E-state index in [1.165, 1.54) is 0 Å². The normalized spacial score (nSPS) is 10.9. The molecule has 4 aromatic rings. The van der Waals surface area contributed by atoms with Crippen molar-refractivity contribution in [3.63, 3.8) is 0 Å². The highest BCUT2D eigenvalue weighted by Crippen LogP contribution is 2.26. The third kappa shape index (κ3) is 3.22. The first-order chi connectivity index (χ1) is 13.2. The van der Waals surface area contributed by atoms with Crippen molar-refractivity contribution in [2.75, 3.05) is 5.32 Å². The summed E-state index contributed by atoms with van der Waals surface area (Å²) in [6, 6.07) is 23.6. The van der Waals surface area contributed by atoms with Gasteiger partial charge in [-0.05, 0) is 43.7 Å². The van der Waals surface area contributed by atoms with E-state index in [1.807, 2.05) is 80.6 Å². The van der Waals surface area contributed by atoms with Crippen LogP contribution in [0.25, 0.3) is 16.6 Å². The van der Waals surface area contributed by atoms with Crippen LogP contribution in [0.2, 0.25) is 0 Å². The van der Waals surface area contributed by atoms with Gasteiger partial charge in [0, 0.05) is 23.1 Å². The van der Waals surface area contributed by atoms with E-state index in [2.05, 4.69) is 14.9 Å². The molecule has 4 heteroatoms. The molecule has 0 aliphatic carbocycles. The first kappa shape index (κ1) is 17.0. The fourth-order valence-corrected chi connectivity index (χ4v) is 3.43. The average Bonchev–Trinajstić information content (AvgIpc) is 2.68. The summed E-state index contributed by atoms with van der Waals surface area (Å²) in [7, 11) is 0. The molecule has 2 aromatic heterocycles. The van der Waals surface area contributed by atoms with Crippen molar-refractivity contribution in [1.82, 2.24) is 9.55 Å².